The molecule has 2 fully saturated rings. The van der Waals surface area contributed by atoms with Crippen molar-refractivity contribution in [1.29, 1.82) is 0 Å². The molecule has 4 heterocycles. The number of carbonyl (C=O) groups excluding carboxylic acids is 1. The highest BCUT2D eigenvalue weighted by Crippen LogP contribution is 2.25. The number of rotatable bonds is 5. The summed E-state index contributed by atoms with van der Waals surface area (Å²) in [4.78, 5) is 41.9. The van der Waals surface area contributed by atoms with E-state index in [1.807, 2.05) is 41.0 Å². The van der Waals surface area contributed by atoms with Crippen molar-refractivity contribution in [3.63, 3.8) is 0 Å². The number of nitrogens with zero attached hydrogens (tertiary/aromatic N) is 6. The van der Waals surface area contributed by atoms with Crippen molar-refractivity contribution in [2.45, 2.75) is 26.3 Å². The first kappa shape index (κ1) is 23.1. The topological polar surface area (TPSA) is 83.8 Å². The Kier molecular flexibility index (Phi) is 6.57. The fourth-order valence-corrected chi connectivity index (χ4v) is 5.17. The number of fused-ring (bicyclic) bond motifs is 1. The predicted octanol–water partition coefficient (Wildman–Crippen LogP) is 2.39. The molecule has 9 nitrogen and oxygen atoms in total. The molecular weight excluding hydrogens is 444 g/mol. The Morgan fingerprint density at radius 2 is 1.83 bits per heavy atom. The number of hydrogen-bond acceptors (Lipinski definition) is 7. The van der Waals surface area contributed by atoms with E-state index in [9.17, 15) is 9.59 Å². The summed E-state index contributed by atoms with van der Waals surface area (Å²) in [5.41, 5.74) is 2.31. The van der Waals surface area contributed by atoms with Crippen LogP contribution in [-0.4, -0.2) is 71.7 Å². The van der Waals surface area contributed by atoms with E-state index in [-0.39, 0.29) is 17.4 Å². The molecule has 9 heteroatoms. The van der Waals surface area contributed by atoms with Crippen molar-refractivity contribution in [2.75, 3.05) is 56.2 Å². The first-order valence-corrected chi connectivity index (χ1v) is 12.4. The van der Waals surface area contributed by atoms with Gasteiger partial charge in [0.05, 0.1) is 13.0 Å². The summed E-state index contributed by atoms with van der Waals surface area (Å²) in [6, 6.07) is 11.8. The average molecular weight is 477 g/mol. The van der Waals surface area contributed by atoms with Crippen LogP contribution >= 0.6 is 0 Å². The number of hydrogen-bond donors (Lipinski definition) is 0. The van der Waals surface area contributed by atoms with E-state index < -0.39 is 0 Å². The molecule has 2 saturated heterocycles. The largest absolute Gasteiger partial charge is 0.497 e. The number of benzene rings is 1. The molecule has 1 aromatic carbocycles. The fourth-order valence-electron chi connectivity index (χ4n) is 5.17. The molecule has 35 heavy (non-hydrogen) atoms. The smallest absolute Gasteiger partial charge is 0.295 e. The maximum Gasteiger partial charge on any atom is 0.295 e. The normalized spacial score (nSPS) is 18.7. The molecule has 0 spiro atoms. The van der Waals surface area contributed by atoms with Gasteiger partial charge in [0.2, 0.25) is 5.91 Å². The highest BCUT2D eigenvalue weighted by Gasteiger charge is 2.32. The lowest BCUT2D eigenvalue weighted by Crippen LogP contribution is -2.53. The number of anilines is 2. The summed E-state index contributed by atoms with van der Waals surface area (Å²) in [5.74, 6) is 1.32. The van der Waals surface area contributed by atoms with Crippen LogP contribution in [-0.2, 0) is 11.3 Å². The van der Waals surface area contributed by atoms with E-state index in [0.717, 1.165) is 43.9 Å². The molecule has 2 aromatic heterocycles. The number of ether oxygens (including phenoxy) is 1. The van der Waals surface area contributed by atoms with Gasteiger partial charge >= 0.3 is 0 Å². The fraction of sp³-hybridized carbons (Fsp3) is 0.462. The number of methoxy groups -OCH3 is 1. The average Bonchev–Trinajstić information content (AvgIpc) is 2.92. The minimum absolute atomic E-state index is 0.128. The summed E-state index contributed by atoms with van der Waals surface area (Å²) in [5, 5.41) is 0. The van der Waals surface area contributed by atoms with E-state index in [0.29, 0.717) is 43.2 Å². The summed E-state index contributed by atoms with van der Waals surface area (Å²) >= 11 is 0. The quantitative estimate of drug-likeness (QED) is 0.559. The van der Waals surface area contributed by atoms with Gasteiger partial charge in [-0.3, -0.25) is 14.2 Å². The third-order valence-corrected chi connectivity index (χ3v) is 7.10. The van der Waals surface area contributed by atoms with Crippen LogP contribution in [0.25, 0.3) is 11.2 Å². The van der Waals surface area contributed by atoms with Crippen molar-refractivity contribution >= 4 is 28.6 Å². The molecule has 0 saturated carbocycles. The Labute approximate surface area is 204 Å². The Morgan fingerprint density at radius 1 is 1.06 bits per heavy atom. The van der Waals surface area contributed by atoms with Crippen LogP contribution in [0.3, 0.4) is 0 Å². The minimum Gasteiger partial charge on any atom is -0.497 e. The number of pyridine rings is 1. The third kappa shape index (κ3) is 4.54. The molecule has 184 valence electrons. The van der Waals surface area contributed by atoms with Gasteiger partial charge in [-0.1, -0.05) is 0 Å². The van der Waals surface area contributed by atoms with Crippen molar-refractivity contribution in [1.82, 2.24) is 19.4 Å². The van der Waals surface area contributed by atoms with Crippen LogP contribution in [0.1, 0.15) is 19.8 Å². The van der Waals surface area contributed by atoms with E-state index in [1.54, 1.807) is 17.9 Å². The van der Waals surface area contributed by atoms with Gasteiger partial charge in [0.25, 0.3) is 5.56 Å². The van der Waals surface area contributed by atoms with E-state index in [2.05, 4.69) is 27.0 Å². The Hall–Kier alpha value is -3.62. The molecule has 1 atom stereocenters. The minimum atomic E-state index is -0.139. The predicted molar refractivity (Wildman–Crippen MR) is 136 cm³/mol. The first-order valence-electron chi connectivity index (χ1n) is 12.4. The molecule has 0 unspecified atom stereocenters. The zero-order chi connectivity index (χ0) is 24.4. The zero-order valence-electron chi connectivity index (χ0n) is 20.4. The second kappa shape index (κ2) is 9.93. The Balaban J connectivity index is 1.27. The molecule has 0 aliphatic carbocycles. The van der Waals surface area contributed by atoms with Crippen molar-refractivity contribution in [3.8, 4) is 5.75 Å². The number of carbonyl (C=O) groups is 1. The maximum atomic E-state index is 13.4. The molecule has 1 amide bonds. The van der Waals surface area contributed by atoms with Crippen LogP contribution in [0.2, 0.25) is 0 Å². The van der Waals surface area contributed by atoms with Gasteiger partial charge in [-0.25, -0.2) is 9.97 Å². The second-order valence-corrected chi connectivity index (χ2v) is 9.13. The van der Waals surface area contributed by atoms with E-state index >= 15 is 0 Å². The lowest BCUT2D eigenvalue weighted by atomic mass is 9.96. The molecule has 2 aliphatic heterocycles. The first-order chi connectivity index (χ1) is 17.1. The van der Waals surface area contributed by atoms with Gasteiger partial charge < -0.3 is 19.4 Å². The second-order valence-electron chi connectivity index (χ2n) is 9.13. The summed E-state index contributed by atoms with van der Waals surface area (Å²) in [6.45, 7) is 6.71. The zero-order valence-corrected chi connectivity index (χ0v) is 20.4. The Morgan fingerprint density at radius 3 is 2.54 bits per heavy atom. The number of amides is 1. The SMILES string of the molecule is CCn1c(=O)c(N2CCC[C@H](C(=O)N3CCN(c4ccc(OC)cc4)CC3)C2)nc2cccnc21. The highest BCUT2D eigenvalue weighted by atomic mass is 16.5. The molecule has 0 bridgehead atoms. The maximum absolute atomic E-state index is 13.4. The van der Waals surface area contributed by atoms with E-state index in [4.69, 9.17) is 4.74 Å². The van der Waals surface area contributed by atoms with Crippen LogP contribution < -0.4 is 20.1 Å². The van der Waals surface area contributed by atoms with Gasteiger partial charge in [-0.2, -0.15) is 0 Å². The molecular formula is C26H32N6O3. The van der Waals surface area contributed by atoms with E-state index in [1.165, 1.54) is 0 Å². The molecule has 3 aromatic rings. The molecule has 0 N–H and O–H groups in total. The van der Waals surface area contributed by atoms with Gasteiger partial charge in [-0.15, -0.1) is 0 Å². The lowest BCUT2D eigenvalue weighted by molar-refractivity contribution is -0.136. The van der Waals surface area contributed by atoms with Crippen molar-refractivity contribution < 1.29 is 9.53 Å². The van der Waals surface area contributed by atoms with Crippen LogP contribution in [0.4, 0.5) is 11.5 Å². The van der Waals surface area contributed by atoms with Gasteiger partial charge in [0.15, 0.2) is 11.5 Å². The van der Waals surface area contributed by atoms with Gasteiger partial charge in [0, 0.05) is 57.7 Å². The monoisotopic (exact) mass is 476 g/mol. The van der Waals surface area contributed by atoms with Crippen LogP contribution in [0.15, 0.2) is 47.4 Å². The van der Waals surface area contributed by atoms with Crippen molar-refractivity contribution in [2.24, 2.45) is 5.92 Å². The summed E-state index contributed by atoms with van der Waals surface area (Å²) in [7, 11) is 1.67. The number of aryl methyl sites for hydroxylation is 1. The highest BCUT2D eigenvalue weighted by molar-refractivity contribution is 5.80. The lowest BCUT2D eigenvalue weighted by Gasteiger charge is -2.40. The van der Waals surface area contributed by atoms with Gasteiger partial charge in [-0.05, 0) is 56.2 Å². The molecule has 2 aliphatic rings. The number of piperidine rings is 1. The standard InChI is InChI=1S/C26H32N6O3/c1-3-32-23-22(7-4-12-27-23)28-24(26(32)34)31-13-5-6-19(18-31)25(33)30-16-14-29(15-17-30)20-8-10-21(35-2)11-9-20/h4,7-12,19H,3,5-6,13-18H2,1-2H3/t19-/m0/s1. The molecule has 0 radical (unpaired) electrons. The van der Waals surface area contributed by atoms with Crippen LogP contribution in [0.5, 0.6) is 5.75 Å². The van der Waals surface area contributed by atoms with Crippen LogP contribution in [0, 0.1) is 5.92 Å². The number of piperazine rings is 1. The summed E-state index contributed by atoms with van der Waals surface area (Å²) < 4.78 is 6.92. The Bertz CT molecular complexity index is 1250. The van der Waals surface area contributed by atoms with Crippen molar-refractivity contribution in [3.05, 3.63) is 52.9 Å². The van der Waals surface area contributed by atoms with Gasteiger partial charge in [0.1, 0.15) is 11.3 Å². The molecule has 5 rings (SSSR count). The summed E-state index contributed by atoms with van der Waals surface area (Å²) in [6.07, 6.45) is 3.38. The number of aromatic nitrogens is 3. The third-order valence-electron chi connectivity index (χ3n) is 7.10.